The molecule has 0 radical (unpaired) electrons. The molecule has 1 fully saturated rings. The van der Waals surface area contributed by atoms with Crippen LogP contribution in [-0.2, 0) is 4.79 Å². The van der Waals surface area contributed by atoms with Crippen molar-refractivity contribution >= 4 is 5.97 Å². The van der Waals surface area contributed by atoms with E-state index in [1.165, 1.54) is 6.42 Å². The summed E-state index contributed by atoms with van der Waals surface area (Å²) >= 11 is 0. The lowest BCUT2D eigenvalue weighted by Crippen LogP contribution is -2.25. The predicted octanol–water partition coefficient (Wildman–Crippen LogP) is 9.11. The van der Waals surface area contributed by atoms with Gasteiger partial charge in [-0.15, -0.1) is 0 Å². The van der Waals surface area contributed by atoms with E-state index in [-0.39, 0.29) is 18.5 Å². The average Bonchev–Trinajstić information content (AvgIpc) is 2.91. The molecule has 0 unspecified atom stereocenters. The van der Waals surface area contributed by atoms with Crippen LogP contribution in [0.15, 0.2) is 60.7 Å². The molecule has 0 spiro atoms. The van der Waals surface area contributed by atoms with E-state index < -0.39 is 6.17 Å². The lowest BCUT2D eigenvalue weighted by atomic mass is 9.80. The third kappa shape index (κ3) is 9.44. The molecule has 3 nitrogen and oxygen atoms in total. The Kier molecular flexibility index (Phi) is 12.0. The summed E-state index contributed by atoms with van der Waals surface area (Å²) in [4.78, 5) is 12.6. The quantitative estimate of drug-likeness (QED) is 0.114. The first-order chi connectivity index (χ1) is 17.6. The zero-order valence-electron chi connectivity index (χ0n) is 22.1. The standard InChI is InChI=1S/C32H43FO3/c1-3-5-7-9-11-29(33)24-35-30-20-16-26(17-21-30)27-18-22-31(23-19-27)36-32(34)28-14-12-25(13-15-28)10-8-6-4-2/h4,6,16-23,25,28-29H,3,5,7-15,24H2,1-2H3/t25?,28?,29-/m0/s1. The van der Waals surface area contributed by atoms with Crippen LogP contribution in [0.25, 0.3) is 11.1 Å². The molecule has 1 atom stereocenters. The molecule has 196 valence electrons. The van der Waals surface area contributed by atoms with Crippen molar-refractivity contribution in [2.75, 3.05) is 6.61 Å². The van der Waals surface area contributed by atoms with Crippen LogP contribution < -0.4 is 9.47 Å². The summed E-state index contributed by atoms with van der Waals surface area (Å²) in [6.07, 6.45) is 14.7. The molecule has 0 amide bonds. The Labute approximate surface area is 217 Å². The number of benzene rings is 2. The van der Waals surface area contributed by atoms with Gasteiger partial charge >= 0.3 is 5.97 Å². The molecule has 0 aromatic heterocycles. The number of carbonyl (C=O) groups excluding carboxylic acids is 1. The molecule has 0 saturated heterocycles. The zero-order valence-corrected chi connectivity index (χ0v) is 22.1. The molecule has 0 aliphatic heterocycles. The van der Waals surface area contributed by atoms with Gasteiger partial charge in [0.1, 0.15) is 24.3 Å². The summed E-state index contributed by atoms with van der Waals surface area (Å²) < 4.78 is 25.3. The highest BCUT2D eigenvalue weighted by Crippen LogP contribution is 2.33. The summed E-state index contributed by atoms with van der Waals surface area (Å²) in [7, 11) is 0. The van der Waals surface area contributed by atoms with Crippen molar-refractivity contribution in [2.45, 2.75) is 90.6 Å². The van der Waals surface area contributed by atoms with Crippen LogP contribution in [0.3, 0.4) is 0 Å². The summed E-state index contributed by atoms with van der Waals surface area (Å²) in [6, 6.07) is 15.3. The van der Waals surface area contributed by atoms with Gasteiger partial charge in [-0.05, 0) is 93.2 Å². The fraction of sp³-hybridized carbons (Fsp3) is 0.531. The van der Waals surface area contributed by atoms with E-state index in [9.17, 15) is 9.18 Å². The molecule has 1 saturated carbocycles. The van der Waals surface area contributed by atoms with Crippen molar-refractivity contribution in [2.24, 2.45) is 11.8 Å². The second-order valence-electron chi connectivity index (χ2n) is 10.1. The summed E-state index contributed by atoms with van der Waals surface area (Å²) in [5, 5.41) is 0. The Morgan fingerprint density at radius 3 is 2.19 bits per heavy atom. The summed E-state index contributed by atoms with van der Waals surface area (Å²) in [5.74, 6) is 1.90. The minimum absolute atomic E-state index is 0.00967. The van der Waals surface area contributed by atoms with Gasteiger partial charge in [-0.25, -0.2) is 4.39 Å². The zero-order chi connectivity index (χ0) is 25.6. The predicted molar refractivity (Wildman–Crippen MR) is 146 cm³/mol. The monoisotopic (exact) mass is 494 g/mol. The van der Waals surface area contributed by atoms with E-state index >= 15 is 0 Å². The van der Waals surface area contributed by atoms with E-state index in [1.807, 2.05) is 48.5 Å². The second-order valence-corrected chi connectivity index (χ2v) is 10.1. The number of ether oxygens (including phenoxy) is 2. The molecule has 3 rings (SSSR count). The smallest absolute Gasteiger partial charge is 0.314 e. The van der Waals surface area contributed by atoms with Crippen molar-refractivity contribution in [3.8, 4) is 22.6 Å². The normalized spacial score (nSPS) is 18.8. The number of hydrogen-bond donors (Lipinski definition) is 0. The van der Waals surface area contributed by atoms with E-state index in [0.717, 1.165) is 74.8 Å². The molecule has 0 bridgehead atoms. The molecule has 2 aromatic rings. The number of unbranched alkanes of at least 4 members (excludes halogenated alkanes) is 3. The highest BCUT2D eigenvalue weighted by Gasteiger charge is 2.27. The Bertz CT molecular complexity index is 911. The van der Waals surface area contributed by atoms with Crippen molar-refractivity contribution in [1.29, 1.82) is 0 Å². The summed E-state index contributed by atoms with van der Waals surface area (Å²) in [6.45, 7) is 4.32. The maximum Gasteiger partial charge on any atom is 0.314 e. The SMILES string of the molecule is CC=CCCC1CCC(C(=O)Oc2ccc(-c3ccc(OC[C@@H](F)CCCCCC)cc3)cc2)CC1. The number of allylic oxidation sites excluding steroid dienone is 2. The van der Waals surface area contributed by atoms with E-state index in [4.69, 9.17) is 9.47 Å². The lowest BCUT2D eigenvalue weighted by Gasteiger charge is -2.26. The Balaban J connectivity index is 1.42. The molecule has 36 heavy (non-hydrogen) atoms. The number of rotatable bonds is 14. The van der Waals surface area contributed by atoms with Crippen LogP contribution in [0, 0.1) is 11.8 Å². The maximum absolute atomic E-state index is 14.0. The van der Waals surface area contributed by atoms with Gasteiger partial charge in [0.2, 0.25) is 0 Å². The first kappa shape index (κ1) is 28.0. The first-order valence-electron chi connectivity index (χ1n) is 13.9. The highest BCUT2D eigenvalue weighted by molar-refractivity contribution is 5.75. The molecule has 1 aliphatic rings. The van der Waals surface area contributed by atoms with Crippen LogP contribution >= 0.6 is 0 Å². The van der Waals surface area contributed by atoms with Crippen molar-refractivity contribution in [3.63, 3.8) is 0 Å². The van der Waals surface area contributed by atoms with Gasteiger partial charge in [0.15, 0.2) is 0 Å². The fourth-order valence-corrected chi connectivity index (χ4v) is 4.91. The van der Waals surface area contributed by atoms with Crippen LogP contribution in [0.2, 0.25) is 0 Å². The van der Waals surface area contributed by atoms with Gasteiger partial charge in [0.05, 0.1) is 5.92 Å². The van der Waals surface area contributed by atoms with E-state index in [2.05, 4.69) is 26.0 Å². The topological polar surface area (TPSA) is 35.5 Å². The molecule has 0 heterocycles. The molecule has 2 aromatic carbocycles. The minimum Gasteiger partial charge on any atom is -0.491 e. The Morgan fingerprint density at radius 2 is 1.58 bits per heavy atom. The van der Waals surface area contributed by atoms with Gasteiger partial charge in [-0.2, -0.15) is 0 Å². The first-order valence-corrected chi connectivity index (χ1v) is 13.9. The summed E-state index contributed by atoms with van der Waals surface area (Å²) in [5.41, 5.74) is 2.06. The number of hydrogen-bond acceptors (Lipinski definition) is 3. The van der Waals surface area contributed by atoms with Crippen LogP contribution in [0.5, 0.6) is 11.5 Å². The Morgan fingerprint density at radius 1 is 0.944 bits per heavy atom. The van der Waals surface area contributed by atoms with Gasteiger partial charge < -0.3 is 9.47 Å². The van der Waals surface area contributed by atoms with Crippen LogP contribution in [-0.4, -0.2) is 18.7 Å². The highest BCUT2D eigenvalue weighted by atomic mass is 19.1. The number of carbonyl (C=O) groups is 1. The van der Waals surface area contributed by atoms with Crippen molar-refractivity contribution < 1.29 is 18.7 Å². The minimum atomic E-state index is -0.921. The average molecular weight is 495 g/mol. The van der Waals surface area contributed by atoms with E-state index in [0.29, 0.717) is 17.9 Å². The third-order valence-corrected chi connectivity index (χ3v) is 7.22. The van der Waals surface area contributed by atoms with E-state index in [1.54, 1.807) is 0 Å². The molecular formula is C32H43FO3. The molecule has 1 aliphatic carbocycles. The lowest BCUT2D eigenvalue weighted by molar-refractivity contribution is -0.140. The number of alkyl halides is 1. The van der Waals surface area contributed by atoms with Gasteiger partial charge in [0, 0.05) is 0 Å². The van der Waals surface area contributed by atoms with Gasteiger partial charge in [0.25, 0.3) is 0 Å². The molecule has 4 heteroatoms. The fourth-order valence-electron chi connectivity index (χ4n) is 4.91. The Hall–Kier alpha value is -2.62. The molecule has 0 N–H and O–H groups in total. The van der Waals surface area contributed by atoms with Crippen molar-refractivity contribution in [3.05, 3.63) is 60.7 Å². The molecular weight excluding hydrogens is 451 g/mol. The van der Waals surface area contributed by atoms with Crippen molar-refractivity contribution in [1.82, 2.24) is 0 Å². The number of halogens is 1. The van der Waals surface area contributed by atoms with Crippen LogP contribution in [0.1, 0.15) is 84.5 Å². The van der Waals surface area contributed by atoms with Gasteiger partial charge in [-0.3, -0.25) is 4.79 Å². The largest absolute Gasteiger partial charge is 0.491 e. The maximum atomic E-state index is 14.0. The number of esters is 1. The van der Waals surface area contributed by atoms with Crippen LogP contribution in [0.4, 0.5) is 4.39 Å². The third-order valence-electron chi connectivity index (χ3n) is 7.22. The van der Waals surface area contributed by atoms with Gasteiger partial charge in [-0.1, -0.05) is 69.0 Å². The second kappa shape index (κ2) is 15.5.